The Morgan fingerprint density at radius 1 is 1.37 bits per heavy atom. The fraction of sp³-hybridized carbons (Fsp3) is 0.692. The van der Waals surface area contributed by atoms with Crippen molar-refractivity contribution in [1.29, 1.82) is 0 Å². The van der Waals surface area contributed by atoms with Crippen molar-refractivity contribution in [1.82, 2.24) is 9.97 Å². The predicted molar refractivity (Wildman–Crippen MR) is 81.0 cm³/mol. The van der Waals surface area contributed by atoms with E-state index >= 15 is 0 Å². The molecule has 1 aromatic heterocycles. The third-order valence-electron chi connectivity index (χ3n) is 2.99. The lowest BCUT2D eigenvalue weighted by molar-refractivity contribution is 0.306. The van der Waals surface area contributed by atoms with Crippen molar-refractivity contribution in [2.75, 3.05) is 30.3 Å². The molecule has 0 spiro atoms. The number of hydrogen-bond donors (Lipinski definition) is 1. The molecular weight excluding hydrogens is 260 g/mol. The summed E-state index contributed by atoms with van der Waals surface area (Å²) in [4.78, 5) is 10.7. The Morgan fingerprint density at radius 3 is 2.68 bits per heavy atom. The first-order chi connectivity index (χ1) is 9.11. The topological polar surface area (TPSA) is 64.3 Å². The number of nitrogen functional groups attached to an aromatic ring is 1. The van der Waals surface area contributed by atoms with Crippen LogP contribution in [0, 0.1) is 0 Å². The van der Waals surface area contributed by atoms with Gasteiger partial charge in [0.25, 0.3) is 0 Å². The zero-order chi connectivity index (χ0) is 13.8. The lowest BCUT2D eigenvalue weighted by Gasteiger charge is -2.35. The molecule has 2 atom stereocenters. The van der Waals surface area contributed by atoms with Crippen LogP contribution >= 0.6 is 11.8 Å². The van der Waals surface area contributed by atoms with E-state index in [0.717, 1.165) is 25.3 Å². The first-order valence-corrected chi connectivity index (χ1v) is 7.69. The minimum atomic E-state index is 0.505. The Bertz CT molecular complexity index is 419. The second kappa shape index (κ2) is 6.32. The monoisotopic (exact) mass is 282 g/mol. The molecule has 2 unspecified atom stereocenters. The van der Waals surface area contributed by atoms with Crippen molar-refractivity contribution in [2.45, 2.75) is 37.7 Å². The molecule has 1 aliphatic heterocycles. The van der Waals surface area contributed by atoms with E-state index in [2.05, 4.69) is 35.6 Å². The zero-order valence-corrected chi connectivity index (χ0v) is 12.6. The van der Waals surface area contributed by atoms with E-state index in [-0.39, 0.29) is 0 Å². The highest BCUT2D eigenvalue weighted by molar-refractivity contribution is 8.00. The van der Waals surface area contributed by atoms with Crippen LogP contribution in [0.1, 0.15) is 27.2 Å². The van der Waals surface area contributed by atoms with Gasteiger partial charge in [0.2, 0.25) is 5.88 Å². The molecule has 1 aliphatic rings. The van der Waals surface area contributed by atoms with E-state index < -0.39 is 0 Å². The Kier molecular flexibility index (Phi) is 4.74. The van der Waals surface area contributed by atoms with Crippen LogP contribution in [0.2, 0.25) is 0 Å². The van der Waals surface area contributed by atoms with Gasteiger partial charge in [-0.1, -0.05) is 20.8 Å². The van der Waals surface area contributed by atoms with Crippen molar-refractivity contribution in [3.8, 4) is 5.88 Å². The molecule has 2 rings (SSSR count). The van der Waals surface area contributed by atoms with E-state index in [0.29, 0.717) is 28.7 Å². The number of nitrogens with zero attached hydrogens (tertiary/aromatic N) is 3. The van der Waals surface area contributed by atoms with Gasteiger partial charge in [-0.2, -0.15) is 16.7 Å². The van der Waals surface area contributed by atoms with Gasteiger partial charge >= 0.3 is 0 Å². The summed E-state index contributed by atoms with van der Waals surface area (Å²) in [7, 11) is 0. The Morgan fingerprint density at radius 2 is 2.05 bits per heavy atom. The summed E-state index contributed by atoms with van der Waals surface area (Å²) < 4.78 is 5.56. The SMILES string of the molecule is CCCOc1ncnc(N2CC(C)SC(C)C2)c1N. The van der Waals surface area contributed by atoms with Crippen LogP contribution in [0.5, 0.6) is 5.88 Å². The highest BCUT2D eigenvalue weighted by Gasteiger charge is 2.25. The van der Waals surface area contributed by atoms with Gasteiger partial charge in [-0.3, -0.25) is 0 Å². The number of hydrogen-bond acceptors (Lipinski definition) is 6. The smallest absolute Gasteiger partial charge is 0.242 e. The molecule has 0 aliphatic carbocycles. The summed E-state index contributed by atoms with van der Waals surface area (Å²) in [6, 6.07) is 0. The summed E-state index contributed by atoms with van der Waals surface area (Å²) in [6.45, 7) is 9.08. The fourth-order valence-corrected chi connectivity index (χ4v) is 3.61. The van der Waals surface area contributed by atoms with Crippen molar-refractivity contribution < 1.29 is 4.74 Å². The molecule has 0 aromatic carbocycles. The maximum absolute atomic E-state index is 6.15. The van der Waals surface area contributed by atoms with Crippen LogP contribution in [-0.4, -0.2) is 40.2 Å². The van der Waals surface area contributed by atoms with E-state index in [1.807, 2.05) is 11.8 Å². The van der Waals surface area contributed by atoms with Gasteiger partial charge in [0.1, 0.15) is 12.0 Å². The Balaban J connectivity index is 2.19. The molecule has 6 heteroatoms. The Hall–Kier alpha value is -1.17. The average molecular weight is 282 g/mol. The van der Waals surface area contributed by atoms with Crippen molar-refractivity contribution in [2.24, 2.45) is 0 Å². The van der Waals surface area contributed by atoms with Gasteiger partial charge in [-0.15, -0.1) is 0 Å². The fourth-order valence-electron chi connectivity index (χ4n) is 2.29. The molecular formula is C13H22N4OS. The van der Waals surface area contributed by atoms with Crippen molar-refractivity contribution >= 4 is 23.3 Å². The molecule has 1 saturated heterocycles. The third kappa shape index (κ3) is 3.43. The van der Waals surface area contributed by atoms with Gasteiger partial charge < -0.3 is 15.4 Å². The highest BCUT2D eigenvalue weighted by Crippen LogP contribution is 2.33. The number of anilines is 2. The molecule has 106 valence electrons. The standard InChI is InChI=1S/C13H22N4OS/c1-4-5-18-13-11(14)12(15-8-16-13)17-6-9(2)19-10(3)7-17/h8-10H,4-7,14H2,1-3H3. The first kappa shape index (κ1) is 14.2. The summed E-state index contributed by atoms with van der Waals surface area (Å²) in [5.74, 6) is 1.31. The van der Waals surface area contributed by atoms with Crippen LogP contribution in [-0.2, 0) is 0 Å². The van der Waals surface area contributed by atoms with Crippen LogP contribution in [0.25, 0.3) is 0 Å². The maximum atomic E-state index is 6.15. The lowest BCUT2D eigenvalue weighted by atomic mass is 10.3. The molecule has 2 heterocycles. The number of aromatic nitrogens is 2. The van der Waals surface area contributed by atoms with Crippen molar-refractivity contribution in [3.05, 3.63) is 6.33 Å². The quantitative estimate of drug-likeness (QED) is 0.913. The van der Waals surface area contributed by atoms with Gasteiger partial charge in [-0.25, -0.2) is 4.98 Å². The van der Waals surface area contributed by atoms with Gasteiger partial charge in [-0.05, 0) is 6.42 Å². The molecule has 0 amide bonds. The number of thioether (sulfide) groups is 1. The maximum Gasteiger partial charge on any atom is 0.242 e. The molecule has 1 fully saturated rings. The molecule has 2 N–H and O–H groups in total. The molecule has 0 saturated carbocycles. The highest BCUT2D eigenvalue weighted by atomic mass is 32.2. The predicted octanol–water partition coefficient (Wildman–Crippen LogP) is 2.18. The largest absolute Gasteiger partial charge is 0.476 e. The minimum Gasteiger partial charge on any atom is -0.476 e. The van der Waals surface area contributed by atoms with Crippen molar-refractivity contribution in [3.63, 3.8) is 0 Å². The van der Waals surface area contributed by atoms with Gasteiger partial charge in [0, 0.05) is 23.6 Å². The van der Waals surface area contributed by atoms with E-state index in [9.17, 15) is 0 Å². The van der Waals surface area contributed by atoms with Crippen LogP contribution in [0.3, 0.4) is 0 Å². The van der Waals surface area contributed by atoms with E-state index in [1.54, 1.807) is 0 Å². The normalized spacial score (nSPS) is 23.4. The van der Waals surface area contributed by atoms with Crippen LogP contribution in [0.15, 0.2) is 6.33 Å². The molecule has 19 heavy (non-hydrogen) atoms. The summed E-state index contributed by atoms with van der Waals surface area (Å²) in [5, 5.41) is 1.16. The average Bonchev–Trinajstić information content (AvgIpc) is 2.36. The number of rotatable bonds is 4. The van der Waals surface area contributed by atoms with Gasteiger partial charge in [0.15, 0.2) is 5.82 Å². The third-order valence-corrected chi connectivity index (χ3v) is 4.22. The van der Waals surface area contributed by atoms with Crippen LogP contribution < -0.4 is 15.4 Å². The summed E-state index contributed by atoms with van der Waals surface area (Å²) in [5.41, 5.74) is 6.70. The summed E-state index contributed by atoms with van der Waals surface area (Å²) >= 11 is 2.01. The molecule has 1 aromatic rings. The Labute approximate surface area is 118 Å². The zero-order valence-electron chi connectivity index (χ0n) is 11.8. The molecule has 5 nitrogen and oxygen atoms in total. The minimum absolute atomic E-state index is 0.505. The van der Waals surface area contributed by atoms with Crippen LogP contribution in [0.4, 0.5) is 11.5 Å². The summed E-state index contributed by atoms with van der Waals surface area (Å²) in [6.07, 6.45) is 2.47. The number of ether oxygens (including phenoxy) is 1. The number of nitrogens with two attached hydrogens (primary N) is 1. The van der Waals surface area contributed by atoms with E-state index in [1.165, 1.54) is 6.33 Å². The first-order valence-electron chi connectivity index (χ1n) is 6.75. The van der Waals surface area contributed by atoms with E-state index in [4.69, 9.17) is 10.5 Å². The van der Waals surface area contributed by atoms with Gasteiger partial charge in [0.05, 0.1) is 6.61 Å². The lowest BCUT2D eigenvalue weighted by Crippen LogP contribution is -2.41. The molecule has 0 bridgehead atoms. The second-order valence-electron chi connectivity index (χ2n) is 4.93. The second-order valence-corrected chi connectivity index (χ2v) is 6.81. The molecule has 0 radical (unpaired) electrons.